The SMILES string of the molecule is CN1CCN(c2ccc(Nc3ncc4c(=O)n(-c5c(F)cccc5Cl)nc(-c5cnn(C)c5)c4n3)cc2)CC1. The minimum absolute atomic E-state index is 0.0558. The van der Waals surface area contributed by atoms with Crippen LogP contribution in [0.3, 0.4) is 0 Å². The summed E-state index contributed by atoms with van der Waals surface area (Å²) in [6, 6.07) is 12.3. The third-order valence-electron chi connectivity index (χ3n) is 6.76. The maximum Gasteiger partial charge on any atom is 0.282 e. The van der Waals surface area contributed by atoms with Gasteiger partial charge in [0.2, 0.25) is 5.95 Å². The average molecular weight is 546 g/mol. The van der Waals surface area contributed by atoms with E-state index in [0.717, 1.165) is 42.2 Å². The highest BCUT2D eigenvalue weighted by Gasteiger charge is 2.21. The lowest BCUT2D eigenvalue weighted by Crippen LogP contribution is -2.44. The number of anilines is 3. The molecule has 39 heavy (non-hydrogen) atoms. The predicted molar refractivity (Wildman–Crippen MR) is 150 cm³/mol. The summed E-state index contributed by atoms with van der Waals surface area (Å²) in [6.45, 7) is 4.03. The number of hydrogen-bond donors (Lipinski definition) is 1. The van der Waals surface area contributed by atoms with Crippen molar-refractivity contribution >= 4 is 39.8 Å². The largest absolute Gasteiger partial charge is 0.369 e. The van der Waals surface area contributed by atoms with E-state index in [4.69, 9.17) is 11.6 Å². The molecule has 0 aliphatic carbocycles. The summed E-state index contributed by atoms with van der Waals surface area (Å²) in [5.41, 5.74) is 2.48. The van der Waals surface area contributed by atoms with Crippen LogP contribution in [0.15, 0.2) is 65.8 Å². The summed E-state index contributed by atoms with van der Waals surface area (Å²) in [4.78, 5) is 27.1. The van der Waals surface area contributed by atoms with E-state index in [1.165, 1.54) is 24.4 Å². The Labute approximate surface area is 228 Å². The van der Waals surface area contributed by atoms with E-state index < -0.39 is 11.4 Å². The number of rotatable bonds is 5. The molecule has 10 nitrogen and oxygen atoms in total. The molecule has 1 N–H and O–H groups in total. The van der Waals surface area contributed by atoms with Crippen molar-refractivity contribution in [3.8, 4) is 16.9 Å². The van der Waals surface area contributed by atoms with Crippen molar-refractivity contribution in [3.05, 3.63) is 82.2 Å². The Bertz CT molecular complexity index is 1710. The summed E-state index contributed by atoms with van der Waals surface area (Å²) >= 11 is 6.27. The number of halogens is 2. The number of likely N-dealkylation sites (N-methyl/N-ethyl adjacent to an activating group) is 1. The molecule has 2 aromatic carbocycles. The molecule has 3 aromatic heterocycles. The quantitative estimate of drug-likeness (QED) is 0.355. The van der Waals surface area contributed by atoms with Crippen LogP contribution in [0.4, 0.5) is 21.7 Å². The molecule has 198 valence electrons. The highest BCUT2D eigenvalue weighted by atomic mass is 35.5. The van der Waals surface area contributed by atoms with E-state index in [1.54, 1.807) is 24.1 Å². The maximum atomic E-state index is 14.8. The van der Waals surface area contributed by atoms with Crippen LogP contribution in [0, 0.1) is 5.82 Å². The van der Waals surface area contributed by atoms with Crippen molar-refractivity contribution < 1.29 is 4.39 Å². The molecule has 0 atom stereocenters. The molecule has 12 heteroatoms. The molecule has 0 saturated carbocycles. The number of hydrogen-bond acceptors (Lipinski definition) is 8. The Morgan fingerprint density at radius 2 is 1.77 bits per heavy atom. The van der Waals surface area contributed by atoms with E-state index >= 15 is 0 Å². The van der Waals surface area contributed by atoms with E-state index in [9.17, 15) is 9.18 Å². The summed E-state index contributed by atoms with van der Waals surface area (Å²) in [5, 5.41) is 12.2. The van der Waals surface area contributed by atoms with Crippen molar-refractivity contribution in [2.45, 2.75) is 0 Å². The molecule has 0 unspecified atom stereocenters. The van der Waals surface area contributed by atoms with Gasteiger partial charge in [-0.3, -0.25) is 9.48 Å². The molecular weight excluding hydrogens is 521 g/mol. The van der Waals surface area contributed by atoms with Crippen LogP contribution < -0.4 is 15.8 Å². The number of nitrogens with one attached hydrogen (secondary N) is 1. The Hall–Kier alpha value is -4.35. The molecule has 6 rings (SSSR count). The van der Waals surface area contributed by atoms with Gasteiger partial charge in [0.15, 0.2) is 5.82 Å². The van der Waals surface area contributed by atoms with Gasteiger partial charge in [-0.15, -0.1) is 0 Å². The minimum atomic E-state index is -0.673. The topological polar surface area (TPSA) is 97.0 Å². The van der Waals surface area contributed by atoms with Crippen LogP contribution in [0.2, 0.25) is 5.02 Å². The van der Waals surface area contributed by atoms with Gasteiger partial charge in [-0.25, -0.2) is 14.4 Å². The van der Waals surface area contributed by atoms with E-state index in [-0.39, 0.29) is 16.1 Å². The first kappa shape index (κ1) is 25.0. The first-order valence-corrected chi connectivity index (χ1v) is 12.8. The van der Waals surface area contributed by atoms with Crippen LogP contribution in [-0.4, -0.2) is 67.7 Å². The van der Waals surface area contributed by atoms with E-state index in [2.05, 4.69) is 54.5 Å². The number of aryl methyl sites for hydroxylation is 1. The normalized spacial score (nSPS) is 14.2. The number of aromatic nitrogens is 6. The van der Waals surface area contributed by atoms with Gasteiger partial charge in [0.05, 0.1) is 16.6 Å². The molecule has 1 aliphatic heterocycles. The zero-order valence-corrected chi connectivity index (χ0v) is 22.1. The zero-order valence-electron chi connectivity index (χ0n) is 21.3. The van der Waals surface area contributed by atoms with Gasteiger partial charge in [-0.05, 0) is 43.4 Å². The number of para-hydroxylation sites is 1. The monoisotopic (exact) mass is 545 g/mol. The van der Waals surface area contributed by atoms with Gasteiger partial charge >= 0.3 is 0 Å². The molecule has 0 bridgehead atoms. The second kappa shape index (κ2) is 10.1. The Balaban J connectivity index is 1.40. The summed E-state index contributed by atoms with van der Waals surface area (Å²) in [7, 11) is 3.90. The Kier molecular flexibility index (Phi) is 6.45. The molecule has 0 radical (unpaired) electrons. The Morgan fingerprint density at radius 1 is 1.00 bits per heavy atom. The molecule has 1 saturated heterocycles. The van der Waals surface area contributed by atoms with Gasteiger partial charge in [0.25, 0.3) is 5.56 Å². The van der Waals surface area contributed by atoms with Crippen molar-refractivity contribution in [1.29, 1.82) is 0 Å². The number of nitrogens with zero attached hydrogens (tertiary/aromatic N) is 8. The number of fused-ring (bicyclic) bond motifs is 1. The predicted octanol–water partition coefficient (Wildman–Crippen LogP) is 3.86. The molecule has 0 amide bonds. The number of piperazine rings is 1. The summed E-state index contributed by atoms with van der Waals surface area (Å²) in [5.74, 6) is -0.379. The van der Waals surface area contributed by atoms with Crippen molar-refractivity contribution in [2.75, 3.05) is 43.4 Å². The third-order valence-corrected chi connectivity index (χ3v) is 7.06. The van der Waals surface area contributed by atoms with Gasteiger partial charge in [-0.1, -0.05) is 17.7 Å². The van der Waals surface area contributed by atoms with Gasteiger partial charge in [0.1, 0.15) is 16.9 Å². The van der Waals surface area contributed by atoms with Crippen molar-refractivity contribution in [1.82, 2.24) is 34.4 Å². The lowest BCUT2D eigenvalue weighted by molar-refractivity contribution is 0.313. The molecule has 4 heterocycles. The molecule has 1 fully saturated rings. The average Bonchev–Trinajstić information content (AvgIpc) is 3.36. The smallest absolute Gasteiger partial charge is 0.282 e. The standard InChI is InChI=1S/C27H25ClFN9O/c1-35-10-12-37(13-11-35)19-8-6-18(7-9-19)32-27-30-15-20-24(33-27)23(17-14-31-36(2)16-17)34-38(26(20)39)25-21(28)4-3-5-22(25)29/h3-9,14-16H,10-13H2,1-2H3,(H,30,32,33). The van der Waals surface area contributed by atoms with Gasteiger partial charge < -0.3 is 15.1 Å². The minimum Gasteiger partial charge on any atom is -0.369 e. The van der Waals surface area contributed by atoms with Crippen LogP contribution in [0.5, 0.6) is 0 Å². The highest BCUT2D eigenvalue weighted by Crippen LogP contribution is 2.28. The van der Waals surface area contributed by atoms with E-state index in [1.807, 2.05) is 12.1 Å². The molecule has 5 aromatic rings. The lowest BCUT2D eigenvalue weighted by atomic mass is 10.2. The van der Waals surface area contributed by atoms with Crippen LogP contribution >= 0.6 is 11.6 Å². The summed E-state index contributed by atoms with van der Waals surface area (Å²) < 4.78 is 17.3. The number of benzene rings is 2. The van der Waals surface area contributed by atoms with E-state index in [0.29, 0.717) is 22.7 Å². The highest BCUT2D eigenvalue weighted by molar-refractivity contribution is 6.32. The Morgan fingerprint density at radius 3 is 2.46 bits per heavy atom. The molecule has 1 aliphatic rings. The third kappa shape index (κ3) is 4.82. The fourth-order valence-electron chi connectivity index (χ4n) is 4.62. The van der Waals surface area contributed by atoms with Crippen LogP contribution in [0.1, 0.15) is 0 Å². The first-order valence-electron chi connectivity index (χ1n) is 12.4. The molecular formula is C27H25ClFN9O. The van der Waals surface area contributed by atoms with Crippen LogP contribution in [0.25, 0.3) is 27.8 Å². The zero-order chi connectivity index (χ0) is 27.1. The maximum absolute atomic E-state index is 14.8. The second-order valence-electron chi connectivity index (χ2n) is 9.46. The van der Waals surface area contributed by atoms with Gasteiger partial charge in [0, 0.05) is 62.6 Å². The fourth-order valence-corrected chi connectivity index (χ4v) is 4.86. The van der Waals surface area contributed by atoms with Gasteiger partial charge in [-0.2, -0.15) is 14.9 Å². The second-order valence-corrected chi connectivity index (χ2v) is 9.86. The lowest BCUT2D eigenvalue weighted by Gasteiger charge is -2.34. The van der Waals surface area contributed by atoms with Crippen molar-refractivity contribution in [3.63, 3.8) is 0 Å². The summed E-state index contributed by atoms with van der Waals surface area (Å²) in [6.07, 6.45) is 4.76. The fraction of sp³-hybridized carbons (Fsp3) is 0.222. The van der Waals surface area contributed by atoms with Crippen LogP contribution in [-0.2, 0) is 7.05 Å². The van der Waals surface area contributed by atoms with Crippen molar-refractivity contribution in [2.24, 2.45) is 7.05 Å². The molecule has 0 spiro atoms. The first-order chi connectivity index (χ1) is 18.9.